The molecule has 0 aromatic carbocycles. The molecule has 0 bridgehead atoms. The summed E-state index contributed by atoms with van der Waals surface area (Å²) in [7, 11) is 2.16. The highest BCUT2D eigenvalue weighted by molar-refractivity contribution is 9.10. The second kappa shape index (κ2) is 5.01. The third kappa shape index (κ3) is 2.65. The van der Waals surface area contributed by atoms with Gasteiger partial charge in [-0.25, -0.2) is 4.98 Å². The molecule has 2 N–H and O–H groups in total. The van der Waals surface area contributed by atoms with Gasteiger partial charge in [0.2, 0.25) is 0 Å². The monoisotopic (exact) mass is 284 g/mol. The Bertz CT molecular complexity index is 369. The molecule has 0 radical (unpaired) electrons. The van der Waals surface area contributed by atoms with E-state index in [-0.39, 0.29) is 0 Å². The summed E-state index contributed by atoms with van der Waals surface area (Å²) in [5.41, 5.74) is 6.39. The Morgan fingerprint density at radius 3 is 2.88 bits per heavy atom. The van der Waals surface area contributed by atoms with Gasteiger partial charge in [0, 0.05) is 19.6 Å². The lowest BCUT2D eigenvalue weighted by Crippen LogP contribution is -2.29. The van der Waals surface area contributed by atoms with Gasteiger partial charge in [-0.1, -0.05) is 0 Å². The first-order chi connectivity index (χ1) is 7.66. The number of nitrogen functional groups attached to an aromatic ring is 1. The van der Waals surface area contributed by atoms with E-state index in [1.165, 1.54) is 6.42 Å². The highest BCUT2D eigenvalue weighted by Gasteiger charge is 2.15. The fourth-order valence-electron chi connectivity index (χ4n) is 1.94. The molecule has 0 spiro atoms. The molecule has 1 fully saturated rings. The summed E-state index contributed by atoms with van der Waals surface area (Å²) in [5.74, 6) is 1.00. The molecular weight excluding hydrogens is 268 g/mol. The van der Waals surface area contributed by atoms with Crippen molar-refractivity contribution < 1.29 is 0 Å². The fraction of sp³-hybridized carbons (Fsp3) is 0.545. The molecule has 1 aliphatic rings. The van der Waals surface area contributed by atoms with Crippen LogP contribution in [-0.2, 0) is 0 Å². The molecule has 0 amide bonds. The lowest BCUT2D eigenvalue weighted by molar-refractivity contribution is 0.360. The maximum Gasteiger partial charge on any atom is 0.143 e. The van der Waals surface area contributed by atoms with E-state index in [2.05, 4.69) is 37.8 Å². The molecule has 1 aromatic heterocycles. The topological polar surface area (TPSA) is 45.4 Å². The highest BCUT2D eigenvalue weighted by atomic mass is 79.9. The maximum absolute atomic E-state index is 5.69. The van der Waals surface area contributed by atoms with Crippen molar-refractivity contribution in [1.82, 2.24) is 9.88 Å². The Balaban J connectivity index is 2.16. The number of anilines is 2. The van der Waals surface area contributed by atoms with Gasteiger partial charge >= 0.3 is 0 Å². The van der Waals surface area contributed by atoms with Crippen LogP contribution in [0.5, 0.6) is 0 Å². The molecule has 1 aliphatic heterocycles. The molecule has 1 saturated heterocycles. The molecule has 0 aliphatic carbocycles. The number of hydrogen-bond acceptors (Lipinski definition) is 4. The Morgan fingerprint density at radius 1 is 1.31 bits per heavy atom. The van der Waals surface area contributed by atoms with Crippen LogP contribution >= 0.6 is 15.9 Å². The molecular formula is C11H17BrN4. The van der Waals surface area contributed by atoms with Gasteiger partial charge in [-0.15, -0.1) is 0 Å². The summed E-state index contributed by atoms with van der Waals surface area (Å²) >= 11 is 3.53. The second-order valence-corrected chi connectivity index (χ2v) is 5.07. The van der Waals surface area contributed by atoms with Crippen molar-refractivity contribution in [2.45, 2.75) is 6.42 Å². The normalized spacial score (nSPS) is 18.5. The van der Waals surface area contributed by atoms with E-state index in [1.54, 1.807) is 6.20 Å². The number of nitrogens with two attached hydrogens (primary N) is 1. The van der Waals surface area contributed by atoms with Crippen LogP contribution < -0.4 is 10.6 Å². The minimum atomic E-state index is 0.697. The lowest BCUT2D eigenvalue weighted by Gasteiger charge is -2.22. The van der Waals surface area contributed by atoms with Crippen molar-refractivity contribution in [2.75, 3.05) is 43.9 Å². The van der Waals surface area contributed by atoms with E-state index in [0.29, 0.717) is 5.69 Å². The molecule has 0 atom stereocenters. The van der Waals surface area contributed by atoms with Crippen LogP contribution in [-0.4, -0.2) is 43.1 Å². The molecule has 88 valence electrons. The van der Waals surface area contributed by atoms with Crippen LogP contribution in [0.25, 0.3) is 0 Å². The first kappa shape index (κ1) is 11.7. The van der Waals surface area contributed by atoms with Gasteiger partial charge in [0.05, 0.1) is 16.4 Å². The molecule has 2 rings (SSSR count). The molecule has 5 heteroatoms. The van der Waals surface area contributed by atoms with E-state index in [0.717, 1.165) is 36.5 Å². The minimum Gasteiger partial charge on any atom is -0.397 e. The molecule has 1 aromatic rings. The summed E-state index contributed by atoms with van der Waals surface area (Å²) in [4.78, 5) is 9.07. The zero-order valence-corrected chi connectivity index (χ0v) is 11.1. The SMILES string of the molecule is CN1CCCN(c2ncc(N)cc2Br)CC1. The largest absolute Gasteiger partial charge is 0.397 e. The van der Waals surface area contributed by atoms with Crippen molar-refractivity contribution in [3.63, 3.8) is 0 Å². The summed E-state index contributed by atoms with van der Waals surface area (Å²) in [5, 5.41) is 0. The van der Waals surface area contributed by atoms with E-state index in [9.17, 15) is 0 Å². The highest BCUT2D eigenvalue weighted by Crippen LogP contribution is 2.26. The summed E-state index contributed by atoms with van der Waals surface area (Å²) in [6.45, 7) is 4.31. The Morgan fingerprint density at radius 2 is 2.12 bits per heavy atom. The number of pyridine rings is 1. The van der Waals surface area contributed by atoms with E-state index in [1.807, 2.05) is 6.07 Å². The summed E-state index contributed by atoms with van der Waals surface area (Å²) in [6, 6.07) is 1.91. The van der Waals surface area contributed by atoms with E-state index in [4.69, 9.17) is 5.73 Å². The maximum atomic E-state index is 5.69. The molecule has 0 saturated carbocycles. The smallest absolute Gasteiger partial charge is 0.143 e. The number of nitrogens with zero attached hydrogens (tertiary/aromatic N) is 3. The third-order valence-electron chi connectivity index (χ3n) is 2.86. The number of halogens is 1. The van der Waals surface area contributed by atoms with Crippen LogP contribution in [0.3, 0.4) is 0 Å². The van der Waals surface area contributed by atoms with Gasteiger partial charge in [0.1, 0.15) is 5.82 Å². The molecule has 4 nitrogen and oxygen atoms in total. The van der Waals surface area contributed by atoms with Crippen molar-refractivity contribution in [1.29, 1.82) is 0 Å². The Labute approximate surface area is 105 Å². The minimum absolute atomic E-state index is 0.697. The van der Waals surface area contributed by atoms with Crippen molar-refractivity contribution in [2.24, 2.45) is 0 Å². The van der Waals surface area contributed by atoms with Crippen LogP contribution in [0.1, 0.15) is 6.42 Å². The molecule has 16 heavy (non-hydrogen) atoms. The van der Waals surface area contributed by atoms with Crippen LogP contribution in [0.2, 0.25) is 0 Å². The van der Waals surface area contributed by atoms with Crippen LogP contribution in [0.4, 0.5) is 11.5 Å². The van der Waals surface area contributed by atoms with Gasteiger partial charge < -0.3 is 15.5 Å². The quantitative estimate of drug-likeness (QED) is 0.850. The first-order valence-corrected chi connectivity index (χ1v) is 6.30. The van der Waals surface area contributed by atoms with E-state index < -0.39 is 0 Å². The van der Waals surface area contributed by atoms with Gasteiger partial charge in [-0.2, -0.15) is 0 Å². The zero-order chi connectivity index (χ0) is 11.5. The predicted octanol–water partition coefficient (Wildman–Crippen LogP) is 1.57. The first-order valence-electron chi connectivity index (χ1n) is 5.51. The average molecular weight is 285 g/mol. The van der Waals surface area contributed by atoms with Crippen molar-refractivity contribution in [3.8, 4) is 0 Å². The van der Waals surface area contributed by atoms with Crippen molar-refractivity contribution >= 4 is 27.4 Å². The second-order valence-electron chi connectivity index (χ2n) is 4.22. The van der Waals surface area contributed by atoms with Gasteiger partial charge in [-0.3, -0.25) is 0 Å². The Hall–Kier alpha value is -0.810. The number of aromatic nitrogens is 1. The number of hydrogen-bond donors (Lipinski definition) is 1. The zero-order valence-electron chi connectivity index (χ0n) is 9.49. The molecule has 2 heterocycles. The number of rotatable bonds is 1. The van der Waals surface area contributed by atoms with Gasteiger partial charge in [-0.05, 0) is 42.0 Å². The summed E-state index contributed by atoms with van der Waals surface area (Å²) < 4.78 is 0.983. The number of likely N-dealkylation sites (N-methyl/N-ethyl adjacent to an activating group) is 1. The fourth-order valence-corrected chi connectivity index (χ4v) is 2.55. The predicted molar refractivity (Wildman–Crippen MR) is 70.7 cm³/mol. The Kier molecular flexibility index (Phi) is 3.66. The van der Waals surface area contributed by atoms with Gasteiger partial charge in [0.15, 0.2) is 0 Å². The average Bonchev–Trinajstić information content (AvgIpc) is 2.43. The van der Waals surface area contributed by atoms with Crippen LogP contribution in [0, 0.1) is 0 Å². The summed E-state index contributed by atoms with van der Waals surface area (Å²) in [6.07, 6.45) is 2.89. The standard InChI is InChI=1S/C11H17BrN4/c1-15-3-2-4-16(6-5-15)11-10(12)7-9(13)8-14-11/h7-8H,2-6,13H2,1H3. The third-order valence-corrected chi connectivity index (χ3v) is 3.45. The lowest BCUT2D eigenvalue weighted by atomic mass is 10.3. The van der Waals surface area contributed by atoms with E-state index >= 15 is 0 Å². The van der Waals surface area contributed by atoms with Crippen molar-refractivity contribution in [3.05, 3.63) is 16.7 Å². The molecule has 0 unspecified atom stereocenters. The van der Waals surface area contributed by atoms with Gasteiger partial charge in [0.25, 0.3) is 0 Å². The van der Waals surface area contributed by atoms with Crippen LogP contribution in [0.15, 0.2) is 16.7 Å².